The Morgan fingerprint density at radius 1 is 1.22 bits per heavy atom. The molecule has 0 aliphatic heterocycles. The predicted octanol–water partition coefficient (Wildman–Crippen LogP) is 2.80. The molecule has 0 unspecified atom stereocenters. The highest BCUT2D eigenvalue weighted by atomic mass is 16.1. The number of nitrogens with zero attached hydrogens (tertiary/aromatic N) is 2. The molecule has 0 atom stereocenters. The van der Waals surface area contributed by atoms with Gasteiger partial charge in [-0.15, -0.1) is 0 Å². The summed E-state index contributed by atoms with van der Waals surface area (Å²) >= 11 is 0. The molecule has 18 heavy (non-hydrogen) atoms. The highest BCUT2D eigenvalue weighted by molar-refractivity contribution is 5.87. The minimum atomic E-state index is 0.740. The summed E-state index contributed by atoms with van der Waals surface area (Å²) in [5, 5.41) is 1.14. The van der Waals surface area contributed by atoms with E-state index in [1.165, 1.54) is 5.52 Å². The van der Waals surface area contributed by atoms with Crippen molar-refractivity contribution in [2.45, 2.75) is 20.4 Å². The number of benzene rings is 1. The lowest BCUT2D eigenvalue weighted by molar-refractivity contribution is 0.112. The molecule has 0 saturated heterocycles. The Bertz CT molecular complexity index is 526. The van der Waals surface area contributed by atoms with Crippen molar-refractivity contribution in [3.05, 3.63) is 36.0 Å². The largest absolute Gasteiger partial charge is 0.346 e. The lowest BCUT2D eigenvalue weighted by Gasteiger charge is -2.18. The Morgan fingerprint density at radius 2 is 2.00 bits per heavy atom. The number of rotatable bonds is 6. The normalized spacial score (nSPS) is 11.3. The highest BCUT2D eigenvalue weighted by Gasteiger charge is 2.04. The minimum absolute atomic E-state index is 0.740. The SMILES string of the molecule is CCN(CC)CCn1ccc2cc(C=O)ccc21. The van der Waals surface area contributed by atoms with Crippen molar-refractivity contribution >= 4 is 17.2 Å². The maximum atomic E-state index is 10.7. The third-order valence-electron chi connectivity index (χ3n) is 3.48. The second-order valence-corrected chi connectivity index (χ2v) is 4.47. The number of fused-ring (bicyclic) bond motifs is 1. The average molecular weight is 244 g/mol. The van der Waals surface area contributed by atoms with Gasteiger partial charge in [-0.05, 0) is 37.4 Å². The van der Waals surface area contributed by atoms with Gasteiger partial charge in [0, 0.05) is 35.8 Å². The van der Waals surface area contributed by atoms with Crippen molar-refractivity contribution in [3.63, 3.8) is 0 Å². The van der Waals surface area contributed by atoms with Gasteiger partial charge in [-0.25, -0.2) is 0 Å². The average Bonchev–Trinajstić information content (AvgIpc) is 2.82. The maximum Gasteiger partial charge on any atom is 0.150 e. The van der Waals surface area contributed by atoms with Crippen LogP contribution in [0.1, 0.15) is 24.2 Å². The molecule has 2 rings (SSSR count). The first kappa shape index (κ1) is 12.8. The summed E-state index contributed by atoms with van der Waals surface area (Å²) in [6, 6.07) is 7.92. The van der Waals surface area contributed by atoms with E-state index in [1.807, 2.05) is 18.2 Å². The zero-order valence-electron chi connectivity index (χ0n) is 11.1. The molecule has 0 aliphatic rings. The number of aldehydes is 1. The van der Waals surface area contributed by atoms with E-state index in [0.717, 1.165) is 43.4 Å². The molecule has 3 heteroatoms. The Kier molecular flexibility index (Phi) is 4.15. The van der Waals surface area contributed by atoms with E-state index in [0.29, 0.717) is 0 Å². The zero-order chi connectivity index (χ0) is 13.0. The number of hydrogen-bond donors (Lipinski definition) is 0. The van der Waals surface area contributed by atoms with Gasteiger partial charge in [-0.1, -0.05) is 13.8 Å². The standard InChI is InChI=1S/C15H20N2O/c1-3-16(4-2)9-10-17-8-7-14-11-13(12-18)5-6-15(14)17/h5-8,11-12H,3-4,9-10H2,1-2H3. The Balaban J connectivity index is 2.16. The monoisotopic (exact) mass is 244 g/mol. The van der Waals surface area contributed by atoms with Gasteiger partial charge in [-0.3, -0.25) is 4.79 Å². The van der Waals surface area contributed by atoms with E-state index >= 15 is 0 Å². The molecule has 2 aromatic rings. The fourth-order valence-electron chi connectivity index (χ4n) is 2.28. The van der Waals surface area contributed by atoms with Crippen molar-refractivity contribution in [3.8, 4) is 0 Å². The lowest BCUT2D eigenvalue weighted by Crippen LogP contribution is -2.26. The van der Waals surface area contributed by atoms with Gasteiger partial charge in [-0.2, -0.15) is 0 Å². The molecule has 1 aromatic carbocycles. The van der Waals surface area contributed by atoms with Gasteiger partial charge in [0.05, 0.1) is 0 Å². The van der Waals surface area contributed by atoms with Gasteiger partial charge in [0.2, 0.25) is 0 Å². The number of likely N-dealkylation sites (N-methyl/N-ethyl adjacent to an activating group) is 1. The third-order valence-corrected chi connectivity index (χ3v) is 3.48. The van der Waals surface area contributed by atoms with Crippen LogP contribution in [0.5, 0.6) is 0 Å². The van der Waals surface area contributed by atoms with Crippen LogP contribution in [-0.2, 0) is 6.54 Å². The summed E-state index contributed by atoms with van der Waals surface area (Å²) in [7, 11) is 0. The molecule has 3 nitrogen and oxygen atoms in total. The summed E-state index contributed by atoms with van der Waals surface area (Å²) in [5.41, 5.74) is 1.94. The second kappa shape index (κ2) is 5.83. The van der Waals surface area contributed by atoms with Crippen LogP contribution < -0.4 is 0 Å². The van der Waals surface area contributed by atoms with E-state index in [-0.39, 0.29) is 0 Å². The molecule has 0 amide bonds. The summed E-state index contributed by atoms with van der Waals surface area (Å²) in [4.78, 5) is 13.1. The van der Waals surface area contributed by atoms with Crippen molar-refractivity contribution in [1.29, 1.82) is 0 Å². The molecule has 0 aliphatic carbocycles. The molecular weight excluding hydrogens is 224 g/mol. The summed E-state index contributed by atoms with van der Waals surface area (Å²) in [6.07, 6.45) is 3.00. The molecule has 0 bridgehead atoms. The molecule has 0 N–H and O–H groups in total. The van der Waals surface area contributed by atoms with Crippen molar-refractivity contribution in [2.75, 3.05) is 19.6 Å². The van der Waals surface area contributed by atoms with Crippen molar-refractivity contribution in [1.82, 2.24) is 9.47 Å². The first-order valence-electron chi connectivity index (χ1n) is 6.55. The Morgan fingerprint density at radius 3 is 2.67 bits per heavy atom. The number of hydrogen-bond acceptors (Lipinski definition) is 2. The van der Waals surface area contributed by atoms with Crippen LogP contribution in [0, 0.1) is 0 Å². The fraction of sp³-hybridized carbons (Fsp3) is 0.400. The fourth-order valence-corrected chi connectivity index (χ4v) is 2.28. The highest BCUT2D eigenvalue weighted by Crippen LogP contribution is 2.17. The van der Waals surface area contributed by atoms with Crippen LogP contribution in [0.3, 0.4) is 0 Å². The van der Waals surface area contributed by atoms with Crippen LogP contribution >= 0.6 is 0 Å². The van der Waals surface area contributed by atoms with E-state index in [2.05, 4.69) is 35.6 Å². The molecule has 0 spiro atoms. The van der Waals surface area contributed by atoms with Gasteiger partial charge in [0.15, 0.2) is 0 Å². The maximum absolute atomic E-state index is 10.7. The molecular formula is C15H20N2O. The molecule has 0 saturated carbocycles. The van der Waals surface area contributed by atoms with E-state index in [9.17, 15) is 4.79 Å². The molecule has 0 radical (unpaired) electrons. The van der Waals surface area contributed by atoms with Gasteiger partial charge in [0.25, 0.3) is 0 Å². The first-order valence-corrected chi connectivity index (χ1v) is 6.55. The van der Waals surface area contributed by atoms with Gasteiger partial charge in [0.1, 0.15) is 6.29 Å². The Hall–Kier alpha value is -1.61. The first-order chi connectivity index (χ1) is 8.78. The summed E-state index contributed by atoms with van der Waals surface area (Å²) in [5.74, 6) is 0. The van der Waals surface area contributed by atoms with E-state index in [4.69, 9.17) is 0 Å². The third kappa shape index (κ3) is 2.62. The van der Waals surface area contributed by atoms with Gasteiger partial charge < -0.3 is 9.47 Å². The van der Waals surface area contributed by atoms with Crippen LogP contribution in [0.4, 0.5) is 0 Å². The van der Waals surface area contributed by atoms with Crippen LogP contribution in [0.25, 0.3) is 10.9 Å². The number of carbonyl (C=O) groups excluding carboxylic acids is 1. The van der Waals surface area contributed by atoms with Crippen LogP contribution in [-0.4, -0.2) is 35.4 Å². The van der Waals surface area contributed by atoms with Crippen molar-refractivity contribution < 1.29 is 4.79 Å². The Labute approximate surface area is 108 Å². The molecule has 1 aromatic heterocycles. The number of carbonyl (C=O) groups is 1. The van der Waals surface area contributed by atoms with E-state index in [1.54, 1.807) is 0 Å². The molecule has 96 valence electrons. The lowest BCUT2D eigenvalue weighted by atomic mass is 10.2. The van der Waals surface area contributed by atoms with Crippen molar-refractivity contribution in [2.24, 2.45) is 0 Å². The van der Waals surface area contributed by atoms with Crippen LogP contribution in [0.15, 0.2) is 30.5 Å². The van der Waals surface area contributed by atoms with Gasteiger partial charge >= 0.3 is 0 Å². The second-order valence-electron chi connectivity index (χ2n) is 4.47. The summed E-state index contributed by atoms with van der Waals surface area (Å²) in [6.45, 7) is 8.61. The number of aromatic nitrogens is 1. The topological polar surface area (TPSA) is 25.2 Å². The molecule has 1 heterocycles. The predicted molar refractivity (Wildman–Crippen MR) is 75.1 cm³/mol. The smallest absolute Gasteiger partial charge is 0.150 e. The van der Waals surface area contributed by atoms with E-state index < -0.39 is 0 Å². The minimum Gasteiger partial charge on any atom is -0.346 e. The molecule has 0 fully saturated rings. The zero-order valence-corrected chi connectivity index (χ0v) is 11.1. The summed E-state index contributed by atoms with van der Waals surface area (Å²) < 4.78 is 2.25. The quantitative estimate of drug-likeness (QED) is 0.730. The van der Waals surface area contributed by atoms with Crippen LogP contribution in [0.2, 0.25) is 0 Å².